The van der Waals surface area contributed by atoms with E-state index in [0.29, 0.717) is 13.0 Å². The van der Waals surface area contributed by atoms with Crippen molar-refractivity contribution in [2.24, 2.45) is 5.92 Å². The number of aliphatic carboxylic acids is 1. The van der Waals surface area contributed by atoms with Gasteiger partial charge in [-0.25, -0.2) is 4.79 Å². The van der Waals surface area contributed by atoms with Crippen LogP contribution in [0.1, 0.15) is 34.6 Å². The maximum absolute atomic E-state index is 11.8. The molecular formula is C14H20N2O3S. The molecule has 0 saturated heterocycles. The molecule has 0 aromatic carbocycles. The normalized spacial score (nSPS) is 21.7. The summed E-state index contributed by atoms with van der Waals surface area (Å²) >= 11 is 1.67. The summed E-state index contributed by atoms with van der Waals surface area (Å²) in [6.07, 6.45) is 2.23. The fourth-order valence-electron chi connectivity index (χ4n) is 2.55. The summed E-state index contributed by atoms with van der Waals surface area (Å²) in [5.41, 5.74) is 1.23. The lowest BCUT2D eigenvalue weighted by molar-refractivity contribution is -0.142. The quantitative estimate of drug-likeness (QED) is 0.798. The molecule has 3 N–H and O–H groups in total. The molecule has 2 amide bonds. The second kappa shape index (κ2) is 6.26. The van der Waals surface area contributed by atoms with Crippen LogP contribution in [-0.4, -0.2) is 23.1 Å². The topological polar surface area (TPSA) is 78.4 Å². The van der Waals surface area contributed by atoms with E-state index < -0.39 is 11.9 Å². The largest absolute Gasteiger partial charge is 0.481 e. The maximum atomic E-state index is 11.8. The molecule has 1 aliphatic carbocycles. The summed E-state index contributed by atoms with van der Waals surface area (Å²) < 4.78 is 0. The van der Waals surface area contributed by atoms with Crippen LogP contribution < -0.4 is 10.6 Å². The van der Waals surface area contributed by atoms with Crippen LogP contribution in [0.2, 0.25) is 0 Å². The Morgan fingerprint density at radius 2 is 2.15 bits per heavy atom. The zero-order chi connectivity index (χ0) is 14.7. The third kappa shape index (κ3) is 3.50. The van der Waals surface area contributed by atoms with Crippen LogP contribution in [0.25, 0.3) is 0 Å². The maximum Gasteiger partial charge on any atom is 0.315 e. The average molecular weight is 296 g/mol. The number of carbonyl (C=O) groups excluding carboxylic acids is 1. The summed E-state index contributed by atoms with van der Waals surface area (Å²) in [7, 11) is 0. The first kappa shape index (κ1) is 14.8. The molecule has 6 heteroatoms. The minimum absolute atomic E-state index is 0.251. The first-order valence-electron chi connectivity index (χ1n) is 6.80. The van der Waals surface area contributed by atoms with Crippen LogP contribution in [0.3, 0.4) is 0 Å². The molecule has 2 atom stereocenters. The van der Waals surface area contributed by atoms with E-state index in [0.717, 1.165) is 17.7 Å². The molecule has 0 aliphatic heterocycles. The second-order valence-corrected chi connectivity index (χ2v) is 6.60. The molecule has 1 aliphatic rings. The molecule has 0 spiro atoms. The van der Waals surface area contributed by atoms with Crippen molar-refractivity contribution in [1.29, 1.82) is 0 Å². The lowest BCUT2D eigenvalue weighted by Crippen LogP contribution is -2.45. The van der Waals surface area contributed by atoms with Crippen molar-refractivity contribution in [1.82, 2.24) is 10.6 Å². The molecule has 2 unspecified atom stereocenters. The van der Waals surface area contributed by atoms with Crippen LogP contribution in [0.15, 0.2) is 6.07 Å². The first-order chi connectivity index (χ1) is 9.47. The zero-order valence-corrected chi connectivity index (χ0v) is 12.5. The highest BCUT2D eigenvalue weighted by atomic mass is 32.1. The SMILES string of the molecule is Cc1cc(CNC(=O)NC2CCCC2C(=O)O)sc1C. The highest BCUT2D eigenvalue weighted by molar-refractivity contribution is 7.12. The van der Waals surface area contributed by atoms with Gasteiger partial charge in [-0.15, -0.1) is 11.3 Å². The van der Waals surface area contributed by atoms with Gasteiger partial charge in [-0.05, 0) is 38.3 Å². The van der Waals surface area contributed by atoms with Crippen LogP contribution in [-0.2, 0) is 11.3 Å². The Labute approximate surface area is 122 Å². The second-order valence-electron chi connectivity index (χ2n) is 5.26. The summed E-state index contributed by atoms with van der Waals surface area (Å²) in [6, 6.07) is 1.53. The summed E-state index contributed by atoms with van der Waals surface area (Å²) in [5.74, 6) is -1.27. The Hall–Kier alpha value is -1.56. The van der Waals surface area contributed by atoms with Crippen LogP contribution >= 0.6 is 11.3 Å². The van der Waals surface area contributed by atoms with Crippen molar-refractivity contribution >= 4 is 23.3 Å². The zero-order valence-electron chi connectivity index (χ0n) is 11.7. The van der Waals surface area contributed by atoms with Gasteiger partial charge in [0.15, 0.2) is 0 Å². The lowest BCUT2D eigenvalue weighted by Gasteiger charge is -2.17. The Bertz CT molecular complexity index is 493. The summed E-state index contributed by atoms with van der Waals surface area (Å²) in [4.78, 5) is 25.2. The van der Waals surface area contributed by atoms with Gasteiger partial charge in [-0.1, -0.05) is 6.42 Å². The van der Waals surface area contributed by atoms with E-state index in [1.165, 1.54) is 10.4 Å². The van der Waals surface area contributed by atoms with Crippen LogP contribution in [0.4, 0.5) is 4.79 Å². The molecule has 0 radical (unpaired) electrons. The van der Waals surface area contributed by atoms with E-state index in [-0.39, 0.29) is 12.1 Å². The highest BCUT2D eigenvalue weighted by Crippen LogP contribution is 2.25. The average Bonchev–Trinajstić information content (AvgIpc) is 2.95. The number of urea groups is 1. The number of thiophene rings is 1. The number of carboxylic acids is 1. The number of nitrogens with one attached hydrogen (secondary N) is 2. The minimum Gasteiger partial charge on any atom is -0.481 e. The van der Waals surface area contributed by atoms with E-state index in [9.17, 15) is 9.59 Å². The molecule has 1 saturated carbocycles. The third-order valence-corrected chi connectivity index (χ3v) is 4.94. The predicted molar refractivity (Wildman–Crippen MR) is 77.9 cm³/mol. The van der Waals surface area contributed by atoms with Gasteiger partial charge in [-0.3, -0.25) is 4.79 Å². The fourth-order valence-corrected chi connectivity index (χ4v) is 3.55. The molecule has 0 bridgehead atoms. The van der Waals surface area contributed by atoms with Gasteiger partial charge in [0, 0.05) is 15.8 Å². The van der Waals surface area contributed by atoms with Gasteiger partial charge in [-0.2, -0.15) is 0 Å². The summed E-state index contributed by atoms with van der Waals surface area (Å²) in [6.45, 7) is 4.58. The number of carbonyl (C=O) groups is 2. The summed E-state index contributed by atoms with van der Waals surface area (Å²) in [5, 5.41) is 14.6. The molecule has 20 heavy (non-hydrogen) atoms. The number of hydrogen-bond acceptors (Lipinski definition) is 3. The van der Waals surface area contributed by atoms with Crippen molar-refractivity contribution in [2.75, 3.05) is 0 Å². The molecule has 2 rings (SSSR count). The Morgan fingerprint density at radius 1 is 1.40 bits per heavy atom. The van der Waals surface area contributed by atoms with Crippen molar-refractivity contribution in [3.63, 3.8) is 0 Å². The molecule has 1 fully saturated rings. The first-order valence-corrected chi connectivity index (χ1v) is 7.62. The fraction of sp³-hybridized carbons (Fsp3) is 0.571. The number of amides is 2. The number of hydrogen-bond donors (Lipinski definition) is 3. The van der Waals surface area contributed by atoms with Crippen molar-refractivity contribution in [2.45, 2.75) is 45.7 Å². The Kier molecular flexibility index (Phi) is 4.65. The standard InChI is InChI=1S/C14H20N2O3S/c1-8-6-10(20-9(8)2)7-15-14(19)16-12-5-3-4-11(12)13(17)18/h6,11-12H,3-5,7H2,1-2H3,(H,17,18)(H2,15,16,19). The number of aryl methyl sites for hydroxylation is 2. The van der Waals surface area contributed by atoms with Gasteiger partial charge in [0.1, 0.15) is 0 Å². The van der Waals surface area contributed by atoms with E-state index in [4.69, 9.17) is 5.11 Å². The van der Waals surface area contributed by atoms with Gasteiger partial charge < -0.3 is 15.7 Å². The van der Waals surface area contributed by atoms with Crippen molar-refractivity contribution < 1.29 is 14.7 Å². The van der Waals surface area contributed by atoms with E-state index >= 15 is 0 Å². The van der Waals surface area contributed by atoms with Crippen LogP contribution in [0, 0.1) is 19.8 Å². The van der Waals surface area contributed by atoms with Crippen molar-refractivity contribution in [3.8, 4) is 0 Å². The molecule has 1 heterocycles. The van der Waals surface area contributed by atoms with Crippen LogP contribution in [0.5, 0.6) is 0 Å². The van der Waals surface area contributed by atoms with E-state index in [2.05, 4.69) is 23.6 Å². The molecule has 5 nitrogen and oxygen atoms in total. The number of rotatable bonds is 4. The number of carboxylic acid groups (broad SMARTS) is 1. The van der Waals surface area contributed by atoms with Gasteiger partial charge in [0.25, 0.3) is 0 Å². The Morgan fingerprint density at radius 3 is 2.75 bits per heavy atom. The van der Waals surface area contributed by atoms with E-state index in [1.54, 1.807) is 11.3 Å². The Balaban J connectivity index is 1.82. The molecule has 110 valence electrons. The third-order valence-electron chi connectivity index (χ3n) is 3.79. The molecular weight excluding hydrogens is 276 g/mol. The molecule has 1 aromatic rings. The van der Waals surface area contributed by atoms with E-state index in [1.807, 2.05) is 6.92 Å². The minimum atomic E-state index is -0.822. The van der Waals surface area contributed by atoms with Gasteiger partial charge >= 0.3 is 12.0 Å². The highest BCUT2D eigenvalue weighted by Gasteiger charge is 2.33. The molecule has 1 aromatic heterocycles. The van der Waals surface area contributed by atoms with Crippen molar-refractivity contribution in [3.05, 3.63) is 21.4 Å². The smallest absolute Gasteiger partial charge is 0.315 e. The van der Waals surface area contributed by atoms with Gasteiger partial charge in [0.2, 0.25) is 0 Å². The monoisotopic (exact) mass is 296 g/mol. The lowest BCUT2D eigenvalue weighted by atomic mass is 10.0. The predicted octanol–water partition coefficient (Wildman–Crippen LogP) is 2.42. The van der Waals surface area contributed by atoms with Gasteiger partial charge in [0.05, 0.1) is 12.5 Å².